The van der Waals surface area contributed by atoms with E-state index in [2.05, 4.69) is 0 Å². The van der Waals surface area contributed by atoms with Crippen LogP contribution in [0, 0.1) is 0 Å². The Bertz CT molecular complexity index is 962. The van der Waals surface area contributed by atoms with Gasteiger partial charge in [-0.05, 0) is 36.1 Å². The number of amides is 2. The predicted molar refractivity (Wildman–Crippen MR) is 109 cm³/mol. The molecule has 0 saturated carbocycles. The van der Waals surface area contributed by atoms with Gasteiger partial charge in [0.25, 0.3) is 11.8 Å². The summed E-state index contributed by atoms with van der Waals surface area (Å²) in [5, 5.41) is 0. The number of carbonyl (C=O) groups excluding carboxylic acids is 2. The molecule has 1 saturated heterocycles. The molecule has 1 fully saturated rings. The van der Waals surface area contributed by atoms with Crippen LogP contribution in [-0.2, 0) is 16.1 Å². The highest BCUT2D eigenvalue weighted by Crippen LogP contribution is 2.37. The fraction of sp³-hybridized carbons (Fsp3) is 0.304. The van der Waals surface area contributed by atoms with Gasteiger partial charge in [-0.3, -0.25) is 14.5 Å². The van der Waals surface area contributed by atoms with Crippen molar-refractivity contribution < 1.29 is 19.1 Å². The summed E-state index contributed by atoms with van der Waals surface area (Å²) >= 11 is 0. The molecule has 2 amide bonds. The molecule has 0 N–H and O–H groups in total. The molecule has 0 spiro atoms. The maximum Gasteiger partial charge on any atom is 0.278 e. The Kier molecular flexibility index (Phi) is 5.25. The van der Waals surface area contributed by atoms with Crippen molar-refractivity contribution in [3.63, 3.8) is 0 Å². The zero-order chi connectivity index (χ0) is 20.4. The molecule has 150 valence electrons. The third-order valence-corrected chi connectivity index (χ3v) is 5.42. The van der Waals surface area contributed by atoms with Gasteiger partial charge in [-0.15, -0.1) is 0 Å². The molecule has 6 nitrogen and oxygen atoms in total. The normalized spacial score (nSPS) is 16.8. The van der Waals surface area contributed by atoms with E-state index in [1.54, 1.807) is 26.4 Å². The largest absolute Gasteiger partial charge is 0.493 e. The minimum atomic E-state index is -0.270. The van der Waals surface area contributed by atoms with Crippen LogP contribution < -0.4 is 9.47 Å². The molecule has 2 heterocycles. The van der Waals surface area contributed by atoms with Crippen molar-refractivity contribution in [2.45, 2.75) is 19.4 Å². The summed E-state index contributed by atoms with van der Waals surface area (Å²) in [7, 11) is 3.12. The maximum atomic E-state index is 13.4. The second-order valence-electron chi connectivity index (χ2n) is 7.17. The molecule has 2 aliphatic rings. The Morgan fingerprint density at radius 1 is 0.862 bits per heavy atom. The monoisotopic (exact) mass is 392 g/mol. The maximum absolute atomic E-state index is 13.4. The van der Waals surface area contributed by atoms with Crippen molar-refractivity contribution in [2.75, 3.05) is 27.3 Å². The highest BCUT2D eigenvalue weighted by Gasteiger charge is 2.42. The van der Waals surface area contributed by atoms with Gasteiger partial charge < -0.3 is 14.4 Å². The van der Waals surface area contributed by atoms with Crippen LogP contribution >= 0.6 is 0 Å². The molecule has 2 aromatic rings. The number of hydrogen-bond acceptors (Lipinski definition) is 5. The second kappa shape index (κ2) is 7.99. The third kappa shape index (κ3) is 3.46. The predicted octanol–water partition coefficient (Wildman–Crippen LogP) is 3.08. The van der Waals surface area contributed by atoms with E-state index < -0.39 is 0 Å². The summed E-state index contributed by atoms with van der Waals surface area (Å²) < 4.78 is 10.7. The highest BCUT2D eigenvalue weighted by atomic mass is 16.5. The van der Waals surface area contributed by atoms with Gasteiger partial charge in [-0.1, -0.05) is 36.4 Å². The van der Waals surface area contributed by atoms with Crippen molar-refractivity contribution in [1.82, 2.24) is 9.80 Å². The van der Waals surface area contributed by atoms with Gasteiger partial charge in [0, 0.05) is 13.1 Å². The van der Waals surface area contributed by atoms with E-state index in [0.29, 0.717) is 28.3 Å². The summed E-state index contributed by atoms with van der Waals surface area (Å²) in [5.41, 5.74) is 2.52. The van der Waals surface area contributed by atoms with E-state index in [0.717, 1.165) is 31.5 Å². The van der Waals surface area contributed by atoms with Gasteiger partial charge in [0.1, 0.15) is 5.70 Å². The Labute approximate surface area is 170 Å². The molecule has 0 bridgehead atoms. The second-order valence-corrected chi connectivity index (χ2v) is 7.17. The van der Waals surface area contributed by atoms with E-state index in [1.165, 1.54) is 4.90 Å². The molecule has 2 aliphatic heterocycles. The van der Waals surface area contributed by atoms with Crippen molar-refractivity contribution in [3.05, 3.63) is 65.4 Å². The summed E-state index contributed by atoms with van der Waals surface area (Å²) in [5.74, 6) is 0.607. The first-order valence-electron chi connectivity index (χ1n) is 9.75. The Morgan fingerprint density at radius 2 is 1.55 bits per heavy atom. The SMILES string of the molecule is COc1ccc(C2=C(N3CCCC3)C(=O)N(Cc3ccccc3)C2=O)cc1OC. The Morgan fingerprint density at radius 3 is 2.21 bits per heavy atom. The minimum absolute atomic E-state index is 0.231. The Balaban J connectivity index is 1.77. The first kappa shape index (κ1) is 19.1. The van der Waals surface area contributed by atoms with E-state index in [9.17, 15) is 9.59 Å². The number of ether oxygens (including phenoxy) is 2. The van der Waals surface area contributed by atoms with Crippen molar-refractivity contribution >= 4 is 17.4 Å². The molecule has 0 atom stereocenters. The number of methoxy groups -OCH3 is 2. The highest BCUT2D eigenvalue weighted by molar-refractivity contribution is 6.35. The van der Waals surface area contributed by atoms with Gasteiger partial charge in [0.15, 0.2) is 11.5 Å². The number of carbonyl (C=O) groups is 2. The molecule has 4 rings (SSSR count). The van der Waals surface area contributed by atoms with Crippen LogP contribution in [-0.4, -0.2) is 48.9 Å². The van der Waals surface area contributed by atoms with Crippen LogP contribution in [0.25, 0.3) is 5.57 Å². The first-order chi connectivity index (χ1) is 14.1. The van der Waals surface area contributed by atoms with Crippen LogP contribution in [0.4, 0.5) is 0 Å². The molecule has 0 aliphatic carbocycles. The van der Waals surface area contributed by atoms with Gasteiger partial charge in [0.05, 0.1) is 26.3 Å². The van der Waals surface area contributed by atoms with Gasteiger partial charge in [0.2, 0.25) is 0 Å². The third-order valence-electron chi connectivity index (χ3n) is 5.42. The Hall–Kier alpha value is -3.28. The fourth-order valence-electron chi connectivity index (χ4n) is 3.96. The topological polar surface area (TPSA) is 59.1 Å². The summed E-state index contributed by atoms with van der Waals surface area (Å²) in [6.07, 6.45) is 2.03. The molecule has 2 aromatic carbocycles. The molecule has 0 unspecified atom stereocenters. The number of likely N-dealkylation sites (tertiary alicyclic amines) is 1. The quantitative estimate of drug-likeness (QED) is 0.707. The average Bonchev–Trinajstić information content (AvgIpc) is 3.36. The summed E-state index contributed by atoms with van der Waals surface area (Å²) in [6, 6.07) is 14.9. The standard InChI is InChI=1S/C23H24N2O4/c1-28-18-11-10-17(14-19(18)29-2)20-21(24-12-6-7-13-24)23(27)25(22(20)26)15-16-8-4-3-5-9-16/h3-5,8-11,14H,6-7,12-13,15H2,1-2H3. The molecule has 0 aromatic heterocycles. The van der Waals surface area contributed by atoms with Crippen LogP contribution in [0.3, 0.4) is 0 Å². The van der Waals surface area contributed by atoms with Crippen LogP contribution in [0.15, 0.2) is 54.2 Å². The van der Waals surface area contributed by atoms with Gasteiger partial charge >= 0.3 is 0 Å². The molecule has 0 radical (unpaired) electrons. The lowest BCUT2D eigenvalue weighted by molar-refractivity contribution is -0.138. The summed E-state index contributed by atoms with van der Waals surface area (Å²) in [4.78, 5) is 30.1. The van der Waals surface area contributed by atoms with Gasteiger partial charge in [-0.25, -0.2) is 0 Å². The zero-order valence-electron chi connectivity index (χ0n) is 16.7. The van der Waals surface area contributed by atoms with Crippen molar-refractivity contribution in [2.24, 2.45) is 0 Å². The fourth-order valence-corrected chi connectivity index (χ4v) is 3.96. The first-order valence-corrected chi connectivity index (χ1v) is 9.75. The molecule has 6 heteroatoms. The lowest BCUT2D eigenvalue weighted by atomic mass is 10.0. The van der Waals surface area contributed by atoms with Crippen molar-refractivity contribution in [1.29, 1.82) is 0 Å². The van der Waals surface area contributed by atoms with Crippen molar-refractivity contribution in [3.8, 4) is 11.5 Å². The lowest BCUT2D eigenvalue weighted by Gasteiger charge is -2.20. The van der Waals surface area contributed by atoms with Crippen LogP contribution in [0.5, 0.6) is 11.5 Å². The van der Waals surface area contributed by atoms with E-state index in [1.807, 2.05) is 41.3 Å². The van der Waals surface area contributed by atoms with Crippen LogP contribution in [0.2, 0.25) is 0 Å². The number of nitrogens with zero attached hydrogens (tertiary/aromatic N) is 2. The number of benzene rings is 2. The number of rotatable bonds is 6. The number of imide groups is 1. The molecule has 29 heavy (non-hydrogen) atoms. The van der Waals surface area contributed by atoms with Crippen LogP contribution in [0.1, 0.15) is 24.0 Å². The minimum Gasteiger partial charge on any atom is -0.493 e. The van der Waals surface area contributed by atoms with E-state index >= 15 is 0 Å². The van der Waals surface area contributed by atoms with E-state index in [-0.39, 0.29) is 18.4 Å². The number of hydrogen-bond donors (Lipinski definition) is 0. The van der Waals surface area contributed by atoms with Gasteiger partial charge in [-0.2, -0.15) is 0 Å². The molecular formula is C23H24N2O4. The zero-order valence-corrected chi connectivity index (χ0v) is 16.7. The lowest BCUT2D eigenvalue weighted by Crippen LogP contribution is -2.34. The average molecular weight is 392 g/mol. The molecular weight excluding hydrogens is 368 g/mol. The summed E-state index contributed by atoms with van der Waals surface area (Å²) in [6.45, 7) is 1.82. The smallest absolute Gasteiger partial charge is 0.278 e. The van der Waals surface area contributed by atoms with E-state index in [4.69, 9.17) is 9.47 Å².